The van der Waals surface area contributed by atoms with E-state index in [0.717, 1.165) is 26.1 Å². The summed E-state index contributed by atoms with van der Waals surface area (Å²) in [5.74, 6) is 0.115. The summed E-state index contributed by atoms with van der Waals surface area (Å²) in [4.78, 5) is 13.8. The molecule has 0 fully saturated rings. The highest BCUT2D eigenvalue weighted by atomic mass is 16.5. The molecule has 0 saturated heterocycles. The average Bonchev–Trinajstić information content (AvgIpc) is 2.44. The predicted octanol–water partition coefficient (Wildman–Crippen LogP) is 1.31. The summed E-state index contributed by atoms with van der Waals surface area (Å²) in [5, 5.41) is 2.94. The number of carbonyl (C=O) groups excluding carboxylic acids is 1. The van der Waals surface area contributed by atoms with Crippen molar-refractivity contribution >= 4 is 5.91 Å². The SMILES string of the molecule is COCCN(C)CCNC(=O)CCc1ccccc1. The molecule has 0 heterocycles. The van der Waals surface area contributed by atoms with Crippen molar-refractivity contribution in [1.29, 1.82) is 0 Å². The second-order valence-corrected chi connectivity index (χ2v) is 4.63. The minimum atomic E-state index is 0.115. The Hall–Kier alpha value is -1.39. The number of hydrogen-bond acceptors (Lipinski definition) is 3. The Bertz CT molecular complexity index is 354. The minimum Gasteiger partial charge on any atom is -0.383 e. The standard InChI is InChI=1S/C15H24N2O2/c1-17(12-13-19-2)11-10-16-15(18)9-8-14-6-4-3-5-7-14/h3-7H,8-13H2,1-2H3,(H,16,18). The van der Waals surface area contributed by atoms with Crippen LogP contribution in [0.1, 0.15) is 12.0 Å². The van der Waals surface area contributed by atoms with Gasteiger partial charge in [0.15, 0.2) is 0 Å². The zero-order valence-electron chi connectivity index (χ0n) is 11.9. The van der Waals surface area contributed by atoms with Gasteiger partial charge in [-0.1, -0.05) is 30.3 Å². The first-order valence-corrected chi connectivity index (χ1v) is 6.70. The van der Waals surface area contributed by atoms with Crippen LogP contribution in [-0.2, 0) is 16.0 Å². The number of nitrogens with one attached hydrogen (secondary N) is 1. The van der Waals surface area contributed by atoms with Gasteiger partial charge in [0.05, 0.1) is 6.61 Å². The van der Waals surface area contributed by atoms with Crippen molar-refractivity contribution in [3.05, 3.63) is 35.9 Å². The molecule has 0 aliphatic carbocycles. The van der Waals surface area contributed by atoms with Crippen LogP contribution in [-0.4, -0.2) is 51.2 Å². The van der Waals surface area contributed by atoms with Crippen molar-refractivity contribution in [2.45, 2.75) is 12.8 Å². The molecule has 0 aromatic heterocycles. The lowest BCUT2D eigenvalue weighted by Crippen LogP contribution is -2.34. The highest BCUT2D eigenvalue weighted by Gasteiger charge is 2.03. The van der Waals surface area contributed by atoms with E-state index in [2.05, 4.69) is 10.2 Å². The molecule has 1 aromatic carbocycles. The number of likely N-dealkylation sites (N-methyl/N-ethyl adjacent to an activating group) is 1. The van der Waals surface area contributed by atoms with Crippen LogP contribution >= 0.6 is 0 Å². The molecular weight excluding hydrogens is 240 g/mol. The molecular formula is C15H24N2O2. The molecule has 1 rings (SSSR count). The van der Waals surface area contributed by atoms with Crippen LogP contribution in [0.5, 0.6) is 0 Å². The van der Waals surface area contributed by atoms with E-state index in [1.54, 1.807) is 7.11 Å². The summed E-state index contributed by atoms with van der Waals surface area (Å²) in [6.07, 6.45) is 1.35. The maximum Gasteiger partial charge on any atom is 0.220 e. The highest BCUT2D eigenvalue weighted by Crippen LogP contribution is 2.01. The van der Waals surface area contributed by atoms with Gasteiger partial charge in [0, 0.05) is 33.2 Å². The van der Waals surface area contributed by atoms with Gasteiger partial charge in [0.2, 0.25) is 5.91 Å². The maximum atomic E-state index is 11.7. The predicted molar refractivity (Wildman–Crippen MR) is 77.1 cm³/mol. The lowest BCUT2D eigenvalue weighted by atomic mass is 10.1. The quantitative estimate of drug-likeness (QED) is 0.731. The third kappa shape index (κ3) is 7.59. The van der Waals surface area contributed by atoms with Crippen LogP contribution in [0.15, 0.2) is 30.3 Å². The molecule has 4 heteroatoms. The zero-order chi connectivity index (χ0) is 13.9. The number of ether oxygens (including phenoxy) is 1. The number of hydrogen-bond donors (Lipinski definition) is 1. The summed E-state index contributed by atoms with van der Waals surface area (Å²) in [6, 6.07) is 10.1. The summed E-state index contributed by atoms with van der Waals surface area (Å²) in [5.41, 5.74) is 1.20. The maximum absolute atomic E-state index is 11.7. The van der Waals surface area contributed by atoms with Gasteiger partial charge in [-0.15, -0.1) is 0 Å². The van der Waals surface area contributed by atoms with Gasteiger partial charge in [-0.25, -0.2) is 0 Å². The Labute approximate surface area is 115 Å². The second kappa shape index (κ2) is 9.53. The van der Waals surface area contributed by atoms with Crippen molar-refractivity contribution in [3.63, 3.8) is 0 Å². The topological polar surface area (TPSA) is 41.6 Å². The molecule has 0 radical (unpaired) electrons. The Morgan fingerprint density at radius 1 is 1.26 bits per heavy atom. The molecule has 0 aliphatic heterocycles. The number of aryl methyl sites for hydroxylation is 1. The van der Waals surface area contributed by atoms with Gasteiger partial charge in [-0.2, -0.15) is 0 Å². The van der Waals surface area contributed by atoms with Crippen molar-refractivity contribution in [1.82, 2.24) is 10.2 Å². The minimum absolute atomic E-state index is 0.115. The monoisotopic (exact) mass is 264 g/mol. The lowest BCUT2D eigenvalue weighted by molar-refractivity contribution is -0.121. The largest absolute Gasteiger partial charge is 0.383 e. The van der Waals surface area contributed by atoms with Gasteiger partial charge >= 0.3 is 0 Å². The molecule has 0 spiro atoms. The van der Waals surface area contributed by atoms with Crippen molar-refractivity contribution in [3.8, 4) is 0 Å². The highest BCUT2D eigenvalue weighted by molar-refractivity contribution is 5.76. The number of amides is 1. The molecule has 4 nitrogen and oxygen atoms in total. The third-order valence-electron chi connectivity index (χ3n) is 2.98. The summed E-state index contributed by atoms with van der Waals surface area (Å²) >= 11 is 0. The van der Waals surface area contributed by atoms with Crippen molar-refractivity contribution in [2.24, 2.45) is 0 Å². The molecule has 1 aromatic rings. The van der Waals surface area contributed by atoms with Crippen LogP contribution in [0.2, 0.25) is 0 Å². The summed E-state index contributed by atoms with van der Waals surface area (Å²) < 4.78 is 5.00. The first kappa shape index (κ1) is 15.7. The van der Waals surface area contributed by atoms with E-state index in [1.165, 1.54) is 5.56 Å². The molecule has 1 amide bonds. The Kier molecular flexibility index (Phi) is 7.86. The molecule has 0 bridgehead atoms. The van der Waals surface area contributed by atoms with E-state index >= 15 is 0 Å². The van der Waals surface area contributed by atoms with Crippen LogP contribution in [0, 0.1) is 0 Å². The number of benzene rings is 1. The first-order chi connectivity index (χ1) is 9.22. The smallest absolute Gasteiger partial charge is 0.220 e. The van der Waals surface area contributed by atoms with E-state index in [9.17, 15) is 4.79 Å². The van der Waals surface area contributed by atoms with E-state index in [0.29, 0.717) is 13.0 Å². The normalized spacial score (nSPS) is 10.7. The molecule has 0 saturated carbocycles. The number of methoxy groups -OCH3 is 1. The third-order valence-corrected chi connectivity index (χ3v) is 2.98. The molecule has 19 heavy (non-hydrogen) atoms. The van der Waals surface area contributed by atoms with Gasteiger partial charge in [0.1, 0.15) is 0 Å². The van der Waals surface area contributed by atoms with Gasteiger partial charge in [-0.3, -0.25) is 4.79 Å². The van der Waals surface area contributed by atoms with E-state index in [4.69, 9.17) is 4.74 Å². The van der Waals surface area contributed by atoms with Gasteiger partial charge in [0.25, 0.3) is 0 Å². The van der Waals surface area contributed by atoms with E-state index in [1.807, 2.05) is 37.4 Å². The first-order valence-electron chi connectivity index (χ1n) is 6.70. The van der Waals surface area contributed by atoms with Crippen molar-refractivity contribution < 1.29 is 9.53 Å². The fraction of sp³-hybridized carbons (Fsp3) is 0.533. The van der Waals surface area contributed by atoms with Crippen LogP contribution in [0.25, 0.3) is 0 Å². The molecule has 0 atom stereocenters. The van der Waals surface area contributed by atoms with Crippen molar-refractivity contribution in [2.75, 3.05) is 40.4 Å². The molecule has 1 N–H and O–H groups in total. The van der Waals surface area contributed by atoms with Crippen LogP contribution in [0.3, 0.4) is 0 Å². The number of carbonyl (C=O) groups is 1. The van der Waals surface area contributed by atoms with E-state index < -0.39 is 0 Å². The van der Waals surface area contributed by atoms with Gasteiger partial charge < -0.3 is 15.0 Å². The van der Waals surface area contributed by atoms with E-state index in [-0.39, 0.29) is 5.91 Å². The molecule has 0 aliphatic rings. The fourth-order valence-electron chi connectivity index (χ4n) is 1.74. The Balaban J connectivity index is 2.08. The molecule has 106 valence electrons. The molecule has 0 unspecified atom stereocenters. The second-order valence-electron chi connectivity index (χ2n) is 4.63. The van der Waals surface area contributed by atoms with Crippen LogP contribution < -0.4 is 5.32 Å². The average molecular weight is 264 g/mol. The Morgan fingerprint density at radius 3 is 2.68 bits per heavy atom. The summed E-state index contributed by atoms with van der Waals surface area (Å²) in [6.45, 7) is 3.14. The Morgan fingerprint density at radius 2 is 2.00 bits per heavy atom. The summed E-state index contributed by atoms with van der Waals surface area (Å²) in [7, 11) is 3.72. The lowest BCUT2D eigenvalue weighted by Gasteiger charge is -2.16. The fourth-order valence-corrected chi connectivity index (χ4v) is 1.74. The number of rotatable bonds is 9. The van der Waals surface area contributed by atoms with Crippen LogP contribution in [0.4, 0.5) is 0 Å². The number of nitrogens with zero attached hydrogens (tertiary/aromatic N) is 1. The zero-order valence-corrected chi connectivity index (χ0v) is 11.9. The van der Waals surface area contributed by atoms with Gasteiger partial charge in [-0.05, 0) is 19.0 Å².